The summed E-state index contributed by atoms with van der Waals surface area (Å²) in [4.78, 5) is 0. The second-order valence-corrected chi connectivity index (χ2v) is 5.63. The second-order valence-electron chi connectivity index (χ2n) is 5.25. The molecule has 0 aliphatic heterocycles. The fourth-order valence-electron chi connectivity index (χ4n) is 2.39. The largest absolute Gasteiger partial charge is 0.314 e. The molecule has 18 heavy (non-hydrogen) atoms. The van der Waals surface area contributed by atoms with E-state index in [2.05, 4.69) is 38.1 Å². The quantitative estimate of drug-likeness (QED) is 0.823. The molecule has 1 rings (SSSR count). The van der Waals surface area contributed by atoms with Gasteiger partial charge >= 0.3 is 0 Å². The van der Waals surface area contributed by atoms with Crippen LogP contribution in [-0.4, -0.2) is 22.4 Å². The molecule has 4 heteroatoms. The Bertz CT molecular complexity index is 371. The van der Waals surface area contributed by atoms with Gasteiger partial charge in [-0.3, -0.25) is 4.68 Å². The molecule has 1 heterocycles. The van der Waals surface area contributed by atoms with Gasteiger partial charge in [-0.2, -0.15) is 5.10 Å². The minimum Gasteiger partial charge on any atom is -0.314 e. The maximum atomic E-state index is 6.36. The molecule has 1 N–H and O–H groups in total. The van der Waals surface area contributed by atoms with Crippen LogP contribution < -0.4 is 5.32 Å². The van der Waals surface area contributed by atoms with Gasteiger partial charge in [0.2, 0.25) is 0 Å². The van der Waals surface area contributed by atoms with E-state index in [4.69, 9.17) is 11.6 Å². The van der Waals surface area contributed by atoms with E-state index in [1.54, 1.807) is 0 Å². The number of aromatic nitrogens is 2. The number of rotatable bonds is 7. The standard InChI is InChI=1S/C14H26ClN3/c1-6-16-12(8-10(3)4)9-13-14(15)11(5)17-18(13)7-2/h10,12,16H,6-9H2,1-5H3. The van der Waals surface area contributed by atoms with Crippen molar-refractivity contribution in [2.75, 3.05) is 6.54 Å². The third kappa shape index (κ3) is 3.99. The first-order valence-electron chi connectivity index (χ1n) is 6.94. The summed E-state index contributed by atoms with van der Waals surface area (Å²) in [6.07, 6.45) is 2.12. The lowest BCUT2D eigenvalue weighted by molar-refractivity contribution is 0.414. The summed E-state index contributed by atoms with van der Waals surface area (Å²) in [6.45, 7) is 12.6. The summed E-state index contributed by atoms with van der Waals surface area (Å²) in [6, 6.07) is 0.480. The van der Waals surface area contributed by atoms with Crippen molar-refractivity contribution in [2.24, 2.45) is 5.92 Å². The molecule has 1 aromatic rings. The van der Waals surface area contributed by atoms with Gasteiger partial charge in [0, 0.05) is 19.0 Å². The summed E-state index contributed by atoms with van der Waals surface area (Å²) in [5.74, 6) is 0.687. The Hall–Kier alpha value is -0.540. The average Bonchev–Trinajstić information content (AvgIpc) is 2.56. The van der Waals surface area contributed by atoms with Gasteiger partial charge in [0.15, 0.2) is 0 Å². The highest BCUT2D eigenvalue weighted by atomic mass is 35.5. The molecule has 3 nitrogen and oxygen atoms in total. The number of hydrogen-bond donors (Lipinski definition) is 1. The third-order valence-electron chi connectivity index (χ3n) is 3.14. The van der Waals surface area contributed by atoms with Crippen LogP contribution in [0.15, 0.2) is 0 Å². The van der Waals surface area contributed by atoms with Gasteiger partial charge in [-0.15, -0.1) is 0 Å². The molecule has 0 saturated heterocycles. The molecule has 0 bridgehead atoms. The lowest BCUT2D eigenvalue weighted by atomic mass is 9.99. The van der Waals surface area contributed by atoms with Gasteiger partial charge in [0.1, 0.15) is 0 Å². The molecule has 0 aromatic carbocycles. The van der Waals surface area contributed by atoms with E-state index in [0.717, 1.165) is 36.6 Å². The summed E-state index contributed by atoms with van der Waals surface area (Å²) in [7, 11) is 0. The first-order chi connectivity index (χ1) is 8.49. The van der Waals surface area contributed by atoms with Gasteiger partial charge in [0.25, 0.3) is 0 Å². The maximum Gasteiger partial charge on any atom is 0.0847 e. The Morgan fingerprint density at radius 2 is 2.00 bits per heavy atom. The van der Waals surface area contributed by atoms with Gasteiger partial charge < -0.3 is 5.32 Å². The van der Waals surface area contributed by atoms with Crippen LogP contribution in [-0.2, 0) is 13.0 Å². The minimum atomic E-state index is 0.480. The van der Waals surface area contributed by atoms with Gasteiger partial charge in [-0.05, 0) is 32.7 Å². The van der Waals surface area contributed by atoms with Crippen molar-refractivity contribution in [3.05, 3.63) is 16.4 Å². The van der Waals surface area contributed by atoms with Crippen molar-refractivity contribution in [3.8, 4) is 0 Å². The molecule has 104 valence electrons. The molecule has 1 unspecified atom stereocenters. The fraction of sp³-hybridized carbons (Fsp3) is 0.786. The molecule has 0 aliphatic carbocycles. The van der Waals surface area contributed by atoms with Crippen molar-refractivity contribution in [3.63, 3.8) is 0 Å². The van der Waals surface area contributed by atoms with Crippen molar-refractivity contribution in [1.82, 2.24) is 15.1 Å². The zero-order valence-corrected chi connectivity index (χ0v) is 13.0. The van der Waals surface area contributed by atoms with Gasteiger partial charge in [0.05, 0.1) is 16.4 Å². The van der Waals surface area contributed by atoms with Crippen LogP contribution in [0.1, 0.15) is 45.5 Å². The van der Waals surface area contributed by atoms with Crippen LogP contribution >= 0.6 is 11.6 Å². The topological polar surface area (TPSA) is 29.9 Å². The molecular formula is C14H26ClN3. The highest BCUT2D eigenvalue weighted by Gasteiger charge is 2.18. The number of aryl methyl sites for hydroxylation is 2. The van der Waals surface area contributed by atoms with Crippen molar-refractivity contribution in [2.45, 2.75) is 60.0 Å². The second kappa shape index (κ2) is 7.15. The summed E-state index contributed by atoms with van der Waals surface area (Å²) in [5.41, 5.74) is 2.11. The molecule has 0 amide bonds. The first kappa shape index (κ1) is 15.5. The third-order valence-corrected chi connectivity index (χ3v) is 3.63. The van der Waals surface area contributed by atoms with E-state index in [0.29, 0.717) is 12.0 Å². The van der Waals surface area contributed by atoms with Crippen LogP contribution in [0.4, 0.5) is 0 Å². The summed E-state index contributed by atoms with van der Waals surface area (Å²) in [5, 5.41) is 8.86. The molecule has 0 spiro atoms. The van der Waals surface area contributed by atoms with E-state index >= 15 is 0 Å². The highest BCUT2D eigenvalue weighted by molar-refractivity contribution is 6.31. The maximum absolute atomic E-state index is 6.36. The SMILES string of the molecule is CCNC(Cc1c(Cl)c(C)nn1CC)CC(C)C. The summed E-state index contributed by atoms with van der Waals surface area (Å²) >= 11 is 6.36. The monoisotopic (exact) mass is 271 g/mol. The highest BCUT2D eigenvalue weighted by Crippen LogP contribution is 2.23. The number of halogens is 1. The molecule has 0 saturated carbocycles. The zero-order chi connectivity index (χ0) is 13.7. The molecule has 0 aliphatic rings. The van der Waals surface area contributed by atoms with E-state index in [1.165, 1.54) is 5.69 Å². The summed E-state index contributed by atoms with van der Waals surface area (Å²) < 4.78 is 2.03. The fourth-order valence-corrected chi connectivity index (χ4v) is 2.61. The average molecular weight is 272 g/mol. The van der Waals surface area contributed by atoms with Gasteiger partial charge in [-0.25, -0.2) is 0 Å². The Labute approximate surface area is 116 Å². The van der Waals surface area contributed by atoms with Crippen LogP contribution in [0.25, 0.3) is 0 Å². The lowest BCUT2D eigenvalue weighted by Gasteiger charge is -2.20. The smallest absolute Gasteiger partial charge is 0.0847 e. The van der Waals surface area contributed by atoms with Crippen molar-refractivity contribution in [1.29, 1.82) is 0 Å². The first-order valence-corrected chi connectivity index (χ1v) is 7.32. The Morgan fingerprint density at radius 3 is 2.50 bits per heavy atom. The predicted octanol–water partition coefficient (Wildman–Crippen LogP) is 3.43. The number of nitrogens with zero attached hydrogens (tertiary/aromatic N) is 2. The van der Waals surface area contributed by atoms with E-state index in [-0.39, 0.29) is 0 Å². The molecule has 0 radical (unpaired) electrons. The molecule has 0 fully saturated rings. The Morgan fingerprint density at radius 1 is 1.33 bits per heavy atom. The number of likely N-dealkylation sites (N-methyl/N-ethyl adjacent to an activating group) is 1. The van der Waals surface area contributed by atoms with Crippen LogP contribution in [0.5, 0.6) is 0 Å². The van der Waals surface area contributed by atoms with E-state index < -0.39 is 0 Å². The van der Waals surface area contributed by atoms with Crippen LogP contribution in [0.3, 0.4) is 0 Å². The van der Waals surface area contributed by atoms with E-state index in [9.17, 15) is 0 Å². The Balaban J connectivity index is 2.85. The van der Waals surface area contributed by atoms with Crippen molar-refractivity contribution < 1.29 is 0 Å². The Kier molecular flexibility index (Phi) is 6.16. The molecule has 1 atom stereocenters. The normalized spacial score (nSPS) is 13.3. The molecule has 1 aromatic heterocycles. The zero-order valence-electron chi connectivity index (χ0n) is 12.3. The number of hydrogen-bond acceptors (Lipinski definition) is 2. The van der Waals surface area contributed by atoms with Gasteiger partial charge in [-0.1, -0.05) is 32.4 Å². The molecular weight excluding hydrogens is 246 g/mol. The van der Waals surface area contributed by atoms with E-state index in [1.807, 2.05) is 11.6 Å². The van der Waals surface area contributed by atoms with Crippen LogP contribution in [0.2, 0.25) is 5.02 Å². The number of nitrogens with one attached hydrogen (secondary N) is 1. The minimum absolute atomic E-state index is 0.480. The van der Waals surface area contributed by atoms with Crippen LogP contribution in [0, 0.1) is 12.8 Å². The lowest BCUT2D eigenvalue weighted by Crippen LogP contribution is -2.33. The predicted molar refractivity (Wildman–Crippen MR) is 78.3 cm³/mol. The van der Waals surface area contributed by atoms with Crippen molar-refractivity contribution >= 4 is 11.6 Å².